The van der Waals surface area contributed by atoms with Gasteiger partial charge in [-0.25, -0.2) is 4.98 Å². The number of hydrogen-bond acceptors (Lipinski definition) is 3. The smallest absolute Gasteiger partial charge is 0.0932 e. The maximum absolute atomic E-state index is 8.68. The van der Waals surface area contributed by atoms with Gasteiger partial charge < -0.3 is 10.1 Å². The lowest BCUT2D eigenvalue weighted by molar-refractivity contribution is 0.284. The summed E-state index contributed by atoms with van der Waals surface area (Å²) in [5.41, 5.74) is 2.16. The maximum Gasteiger partial charge on any atom is 0.0932 e. The number of nitrogens with zero attached hydrogens (tertiary/aromatic N) is 1. The van der Waals surface area contributed by atoms with Gasteiger partial charge in [0.2, 0.25) is 0 Å². The highest BCUT2D eigenvalue weighted by molar-refractivity contribution is 7.99. The van der Waals surface area contributed by atoms with Crippen LogP contribution in [0.25, 0.3) is 11.0 Å². The average molecular weight is 236 g/mol. The average Bonchev–Trinajstić information content (AvgIpc) is 2.77. The normalized spacial score (nSPS) is 11.1. The molecule has 2 aromatic rings. The maximum atomic E-state index is 8.68. The molecule has 2 N–H and O–H groups in total. The first-order chi connectivity index (χ1) is 7.92. The first kappa shape index (κ1) is 11.5. The number of benzene rings is 1. The highest BCUT2D eigenvalue weighted by atomic mass is 32.2. The second-order valence-corrected chi connectivity index (χ2v) is 4.82. The van der Waals surface area contributed by atoms with Crippen molar-refractivity contribution in [3.8, 4) is 0 Å². The van der Waals surface area contributed by atoms with E-state index in [-0.39, 0.29) is 0 Å². The molecule has 0 saturated carbocycles. The van der Waals surface area contributed by atoms with E-state index in [1.165, 1.54) is 4.90 Å². The number of hydrogen-bond donors (Lipinski definition) is 2. The standard InChI is InChI=1S/C12H16N2OS/c15-7-2-1-3-8-16-11-6-4-5-10-12(11)14-9-13-10/h4-6,9,15H,1-3,7-8H2,(H,13,14). The third-order valence-corrected chi connectivity index (χ3v) is 3.62. The van der Waals surface area contributed by atoms with Crippen molar-refractivity contribution in [2.45, 2.75) is 24.2 Å². The summed E-state index contributed by atoms with van der Waals surface area (Å²) >= 11 is 1.85. The van der Waals surface area contributed by atoms with Gasteiger partial charge in [-0.3, -0.25) is 0 Å². The van der Waals surface area contributed by atoms with Crippen LogP contribution in [0.3, 0.4) is 0 Å². The molecule has 0 radical (unpaired) electrons. The minimum atomic E-state index is 0.306. The summed E-state index contributed by atoms with van der Waals surface area (Å²) in [5, 5.41) is 8.68. The van der Waals surface area contributed by atoms with Crippen LogP contribution >= 0.6 is 11.8 Å². The van der Waals surface area contributed by atoms with Crippen LogP contribution in [-0.4, -0.2) is 27.4 Å². The molecule has 0 aliphatic heterocycles. The van der Waals surface area contributed by atoms with Crippen LogP contribution in [0.15, 0.2) is 29.4 Å². The molecular weight excluding hydrogens is 220 g/mol. The number of para-hydroxylation sites is 1. The second-order valence-electron chi connectivity index (χ2n) is 3.69. The van der Waals surface area contributed by atoms with Gasteiger partial charge in [0.15, 0.2) is 0 Å². The van der Waals surface area contributed by atoms with Crippen molar-refractivity contribution in [1.29, 1.82) is 0 Å². The molecule has 0 bridgehead atoms. The van der Waals surface area contributed by atoms with Crippen molar-refractivity contribution in [3.63, 3.8) is 0 Å². The molecule has 0 fully saturated rings. The number of aliphatic hydroxyl groups is 1. The monoisotopic (exact) mass is 236 g/mol. The predicted molar refractivity (Wildman–Crippen MR) is 67.8 cm³/mol. The fraction of sp³-hybridized carbons (Fsp3) is 0.417. The molecule has 0 amide bonds. The van der Waals surface area contributed by atoms with E-state index < -0.39 is 0 Å². The van der Waals surface area contributed by atoms with Gasteiger partial charge in [0.05, 0.1) is 17.4 Å². The first-order valence-electron chi connectivity index (χ1n) is 5.57. The van der Waals surface area contributed by atoms with Crippen molar-refractivity contribution in [3.05, 3.63) is 24.5 Å². The number of aliphatic hydroxyl groups excluding tert-OH is 1. The van der Waals surface area contributed by atoms with E-state index in [0.717, 1.165) is 36.0 Å². The van der Waals surface area contributed by atoms with Gasteiger partial charge in [-0.1, -0.05) is 12.5 Å². The highest BCUT2D eigenvalue weighted by Crippen LogP contribution is 2.26. The highest BCUT2D eigenvalue weighted by Gasteiger charge is 2.02. The van der Waals surface area contributed by atoms with Crippen LogP contribution in [0.5, 0.6) is 0 Å². The van der Waals surface area contributed by atoms with E-state index in [1.807, 2.05) is 23.9 Å². The number of unbranched alkanes of at least 4 members (excludes halogenated alkanes) is 2. The summed E-state index contributed by atoms with van der Waals surface area (Å²) in [5.74, 6) is 1.10. The Balaban J connectivity index is 1.91. The van der Waals surface area contributed by atoms with Crippen LogP contribution in [0.4, 0.5) is 0 Å². The van der Waals surface area contributed by atoms with Gasteiger partial charge in [-0.05, 0) is 30.7 Å². The zero-order valence-corrected chi connectivity index (χ0v) is 9.96. The number of imidazole rings is 1. The number of H-pyrrole nitrogens is 1. The number of thioether (sulfide) groups is 1. The molecule has 0 aliphatic carbocycles. The molecule has 86 valence electrons. The van der Waals surface area contributed by atoms with E-state index in [1.54, 1.807) is 6.33 Å². The first-order valence-corrected chi connectivity index (χ1v) is 6.56. The zero-order valence-electron chi connectivity index (χ0n) is 9.15. The Morgan fingerprint density at radius 2 is 2.19 bits per heavy atom. The predicted octanol–water partition coefficient (Wildman–Crippen LogP) is 2.82. The molecule has 2 rings (SSSR count). The fourth-order valence-corrected chi connectivity index (χ4v) is 2.68. The molecule has 0 unspecified atom stereocenters. The summed E-state index contributed by atoms with van der Waals surface area (Å²) in [4.78, 5) is 8.67. The van der Waals surface area contributed by atoms with Crippen molar-refractivity contribution in [2.75, 3.05) is 12.4 Å². The van der Waals surface area contributed by atoms with Crippen molar-refractivity contribution in [2.24, 2.45) is 0 Å². The van der Waals surface area contributed by atoms with Gasteiger partial charge in [0.25, 0.3) is 0 Å². The van der Waals surface area contributed by atoms with E-state index in [9.17, 15) is 0 Å². The number of aromatic nitrogens is 2. The summed E-state index contributed by atoms with van der Waals surface area (Å²) in [6.07, 6.45) is 4.90. The van der Waals surface area contributed by atoms with Crippen LogP contribution in [0.2, 0.25) is 0 Å². The number of aromatic amines is 1. The topological polar surface area (TPSA) is 48.9 Å². The third kappa shape index (κ3) is 2.77. The van der Waals surface area contributed by atoms with Crippen molar-refractivity contribution >= 4 is 22.8 Å². The van der Waals surface area contributed by atoms with Crippen molar-refractivity contribution < 1.29 is 5.11 Å². The Morgan fingerprint density at radius 1 is 1.25 bits per heavy atom. The van der Waals surface area contributed by atoms with Gasteiger partial charge in [-0.15, -0.1) is 11.8 Å². The number of nitrogens with one attached hydrogen (secondary N) is 1. The molecule has 0 saturated heterocycles. The van der Waals surface area contributed by atoms with Gasteiger partial charge >= 0.3 is 0 Å². The Kier molecular flexibility index (Phi) is 4.25. The van der Waals surface area contributed by atoms with Crippen LogP contribution in [-0.2, 0) is 0 Å². The van der Waals surface area contributed by atoms with E-state index in [4.69, 9.17) is 5.11 Å². The molecule has 16 heavy (non-hydrogen) atoms. The minimum Gasteiger partial charge on any atom is -0.396 e. The molecule has 1 aromatic heterocycles. The Hall–Kier alpha value is -1.00. The quantitative estimate of drug-likeness (QED) is 0.599. The van der Waals surface area contributed by atoms with E-state index in [2.05, 4.69) is 16.0 Å². The Bertz CT molecular complexity index is 441. The van der Waals surface area contributed by atoms with Gasteiger partial charge in [0.1, 0.15) is 0 Å². The minimum absolute atomic E-state index is 0.306. The SMILES string of the molecule is OCCCCCSc1cccc2nc[nH]c12. The van der Waals surface area contributed by atoms with Crippen LogP contribution in [0.1, 0.15) is 19.3 Å². The van der Waals surface area contributed by atoms with E-state index in [0.29, 0.717) is 6.61 Å². The third-order valence-electron chi connectivity index (χ3n) is 2.48. The molecule has 4 heteroatoms. The fourth-order valence-electron chi connectivity index (χ4n) is 1.63. The lowest BCUT2D eigenvalue weighted by atomic mass is 10.3. The summed E-state index contributed by atoms with van der Waals surface area (Å²) in [6, 6.07) is 6.18. The molecule has 1 aromatic carbocycles. The van der Waals surface area contributed by atoms with Crippen LogP contribution in [0, 0.1) is 0 Å². The lowest BCUT2D eigenvalue weighted by Gasteiger charge is -2.02. The van der Waals surface area contributed by atoms with Gasteiger partial charge in [-0.2, -0.15) is 0 Å². The zero-order chi connectivity index (χ0) is 11.2. The molecule has 0 aliphatic rings. The summed E-state index contributed by atoms with van der Waals surface area (Å²) in [6.45, 7) is 0.306. The number of rotatable bonds is 6. The molecular formula is C12H16N2OS. The second kappa shape index (κ2) is 5.92. The molecule has 1 heterocycles. The van der Waals surface area contributed by atoms with Crippen LogP contribution < -0.4 is 0 Å². The van der Waals surface area contributed by atoms with E-state index >= 15 is 0 Å². The lowest BCUT2D eigenvalue weighted by Crippen LogP contribution is -1.86. The Labute approximate surface area is 99.3 Å². The summed E-state index contributed by atoms with van der Waals surface area (Å²) in [7, 11) is 0. The molecule has 0 atom stereocenters. The van der Waals surface area contributed by atoms with Gasteiger partial charge in [0, 0.05) is 11.5 Å². The molecule has 3 nitrogen and oxygen atoms in total. The molecule has 0 spiro atoms. The Morgan fingerprint density at radius 3 is 3.06 bits per heavy atom. The summed E-state index contributed by atoms with van der Waals surface area (Å²) < 4.78 is 0. The largest absolute Gasteiger partial charge is 0.396 e. The number of fused-ring (bicyclic) bond motifs is 1. The van der Waals surface area contributed by atoms with Crippen molar-refractivity contribution in [1.82, 2.24) is 9.97 Å².